The first kappa shape index (κ1) is 18.9. The molecular weight excluding hydrogens is 378 g/mol. The molecule has 0 unspecified atom stereocenters. The Labute approximate surface area is 175 Å². The van der Waals surface area contributed by atoms with E-state index in [4.69, 9.17) is 4.74 Å². The van der Waals surface area contributed by atoms with Gasteiger partial charge in [-0.15, -0.1) is 0 Å². The Morgan fingerprint density at radius 3 is 2.70 bits per heavy atom. The first-order valence-corrected chi connectivity index (χ1v) is 10.5. The molecule has 6 nitrogen and oxygen atoms in total. The maximum Gasteiger partial charge on any atom is 0.258 e. The molecule has 0 bridgehead atoms. The highest BCUT2D eigenvalue weighted by Crippen LogP contribution is 2.34. The predicted molar refractivity (Wildman–Crippen MR) is 113 cm³/mol. The number of hydrogen-bond donors (Lipinski definition) is 2. The zero-order valence-corrected chi connectivity index (χ0v) is 16.8. The summed E-state index contributed by atoms with van der Waals surface area (Å²) in [6, 6.07) is 15.9. The second kappa shape index (κ2) is 7.95. The number of ether oxygens (including phenoxy) is 1. The number of benzene rings is 2. The van der Waals surface area contributed by atoms with Gasteiger partial charge >= 0.3 is 0 Å². The molecule has 1 aliphatic heterocycles. The van der Waals surface area contributed by atoms with Crippen molar-refractivity contribution in [2.24, 2.45) is 0 Å². The third-order valence-electron chi connectivity index (χ3n) is 6.06. The molecule has 1 aromatic heterocycles. The summed E-state index contributed by atoms with van der Waals surface area (Å²) in [5, 5.41) is 17.2. The molecule has 2 N–H and O–H groups in total. The van der Waals surface area contributed by atoms with Crippen LogP contribution in [0, 0.1) is 0 Å². The maximum atomic E-state index is 13.2. The van der Waals surface area contributed by atoms with E-state index in [-0.39, 0.29) is 12.0 Å². The maximum absolute atomic E-state index is 13.2. The van der Waals surface area contributed by atoms with Crippen LogP contribution in [-0.2, 0) is 13.1 Å². The van der Waals surface area contributed by atoms with E-state index < -0.39 is 6.10 Å². The van der Waals surface area contributed by atoms with Gasteiger partial charge in [-0.1, -0.05) is 42.8 Å². The van der Waals surface area contributed by atoms with E-state index in [1.165, 1.54) is 0 Å². The Balaban J connectivity index is 1.31. The van der Waals surface area contributed by atoms with E-state index in [0.29, 0.717) is 24.4 Å². The number of H-pyrrole nitrogens is 1. The van der Waals surface area contributed by atoms with Crippen LogP contribution in [0.25, 0.3) is 11.3 Å². The van der Waals surface area contributed by atoms with E-state index in [2.05, 4.69) is 10.2 Å². The molecule has 2 aliphatic rings. The number of aromatic amines is 1. The standard InChI is InChI=1S/C24H25N3O3/c28-20-5-1-2-6-21(20)30-22-7-3-4-18-15-27(24(29)23(18)22)14-16-8-10-17(11-9-16)19-12-13-25-26-19/h3-4,7-13,20-21,28H,1-2,5-6,14-15H2,(H,25,26)/t20-,21-/m0/s1. The number of fused-ring (bicyclic) bond motifs is 1. The molecule has 1 saturated carbocycles. The molecule has 0 radical (unpaired) electrons. The van der Waals surface area contributed by atoms with Crippen LogP contribution in [0.2, 0.25) is 0 Å². The largest absolute Gasteiger partial charge is 0.487 e. The minimum atomic E-state index is -0.462. The van der Waals surface area contributed by atoms with Crippen LogP contribution in [0.3, 0.4) is 0 Å². The molecule has 30 heavy (non-hydrogen) atoms. The Kier molecular flexibility index (Phi) is 5.01. The molecule has 154 valence electrons. The fourth-order valence-electron chi connectivity index (χ4n) is 4.42. The highest BCUT2D eigenvalue weighted by molar-refractivity contribution is 6.01. The van der Waals surface area contributed by atoms with Crippen molar-refractivity contribution in [3.05, 3.63) is 71.4 Å². The Morgan fingerprint density at radius 2 is 1.93 bits per heavy atom. The van der Waals surface area contributed by atoms with Gasteiger partial charge in [0.1, 0.15) is 11.9 Å². The number of rotatable bonds is 5. The van der Waals surface area contributed by atoms with Crippen LogP contribution >= 0.6 is 0 Å². The monoisotopic (exact) mass is 403 g/mol. The van der Waals surface area contributed by atoms with Gasteiger partial charge in [0.2, 0.25) is 0 Å². The normalized spacial score (nSPS) is 21.0. The molecule has 6 heteroatoms. The fourth-order valence-corrected chi connectivity index (χ4v) is 4.42. The molecule has 1 fully saturated rings. The van der Waals surface area contributed by atoms with Crippen LogP contribution in [0.1, 0.15) is 47.2 Å². The smallest absolute Gasteiger partial charge is 0.258 e. The van der Waals surface area contributed by atoms with Crippen LogP contribution in [0.5, 0.6) is 5.75 Å². The molecule has 1 aliphatic carbocycles. The summed E-state index contributed by atoms with van der Waals surface area (Å²) in [6.45, 7) is 1.11. The Hall–Kier alpha value is -3.12. The van der Waals surface area contributed by atoms with Crippen LogP contribution in [-0.4, -0.2) is 38.3 Å². The zero-order valence-electron chi connectivity index (χ0n) is 16.8. The van der Waals surface area contributed by atoms with Crippen LogP contribution in [0.4, 0.5) is 0 Å². The van der Waals surface area contributed by atoms with Crippen molar-refractivity contribution in [1.82, 2.24) is 15.1 Å². The van der Waals surface area contributed by atoms with Crippen molar-refractivity contribution >= 4 is 5.91 Å². The quantitative estimate of drug-likeness (QED) is 0.677. The number of carbonyl (C=O) groups excluding carboxylic acids is 1. The van der Waals surface area contributed by atoms with Crippen molar-refractivity contribution < 1.29 is 14.6 Å². The highest BCUT2D eigenvalue weighted by atomic mass is 16.5. The van der Waals surface area contributed by atoms with Gasteiger partial charge in [0.05, 0.1) is 17.4 Å². The van der Waals surface area contributed by atoms with Gasteiger partial charge in [0.15, 0.2) is 0 Å². The molecule has 1 amide bonds. The van der Waals surface area contributed by atoms with Crippen molar-refractivity contribution in [3.63, 3.8) is 0 Å². The molecule has 3 aromatic rings. The highest BCUT2D eigenvalue weighted by Gasteiger charge is 2.33. The summed E-state index contributed by atoms with van der Waals surface area (Å²) in [5.74, 6) is 0.587. The predicted octanol–water partition coefficient (Wildman–Crippen LogP) is 3.92. The average Bonchev–Trinajstić information content (AvgIpc) is 3.40. The molecule has 0 spiro atoms. The molecule has 2 heterocycles. The summed E-state index contributed by atoms with van der Waals surface area (Å²) < 4.78 is 6.13. The average molecular weight is 403 g/mol. The van der Waals surface area contributed by atoms with E-state index in [9.17, 15) is 9.90 Å². The molecule has 2 atom stereocenters. The summed E-state index contributed by atoms with van der Waals surface area (Å²) in [7, 11) is 0. The lowest BCUT2D eigenvalue weighted by molar-refractivity contribution is 0.00636. The van der Waals surface area contributed by atoms with Crippen molar-refractivity contribution in [3.8, 4) is 17.0 Å². The SMILES string of the molecule is O=C1c2c(cccc2O[C@H]2CCCC[C@@H]2O)CN1Cc1ccc(-c2ccn[nH]2)cc1. The number of carbonyl (C=O) groups is 1. The third-order valence-corrected chi connectivity index (χ3v) is 6.06. The van der Waals surface area contributed by atoms with Gasteiger partial charge in [-0.05, 0) is 48.1 Å². The molecule has 0 saturated heterocycles. The van der Waals surface area contributed by atoms with Gasteiger partial charge in [0, 0.05) is 19.3 Å². The van der Waals surface area contributed by atoms with Gasteiger partial charge in [-0.3, -0.25) is 9.89 Å². The molecule has 5 rings (SSSR count). The number of nitrogens with one attached hydrogen (secondary N) is 1. The van der Waals surface area contributed by atoms with E-state index in [1.54, 1.807) is 6.20 Å². The van der Waals surface area contributed by atoms with Gasteiger partial charge < -0.3 is 14.7 Å². The second-order valence-corrected chi connectivity index (χ2v) is 8.13. The summed E-state index contributed by atoms with van der Waals surface area (Å²) >= 11 is 0. The molecular formula is C24H25N3O3. The summed E-state index contributed by atoms with van der Waals surface area (Å²) in [6.07, 6.45) is 4.69. The molecule has 2 aromatic carbocycles. The number of aliphatic hydroxyl groups is 1. The Morgan fingerprint density at radius 1 is 1.10 bits per heavy atom. The summed E-state index contributed by atoms with van der Waals surface area (Å²) in [5.41, 5.74) is 4.73. The van der Waals surface area contributed by atoms with Gasteiger partial charge in [0.25, 0.3) is 5.91 Å². The van der Waals surface area contributed by atoms with Crippen molar-refractivity contribution in [1.29, 1.82) is 0 Å². The fraction of sp³-hybridized carbons (Fsp3) is 0.333. The zero-order chi connectivity index (χ0) is 20.5. The minimum absolute atomic E-state index is 0.0106. The van der Waals surface area contributed by atoms with Crippen molar-refractivity contribution in [2.75, 3.05) is 0 Å². The van der Waals surface area contributed by atoms with Gasteiger partial charge in [-0.25, -0.2) is 0 Å². The topological polar surface area (TPSA) is 78.5 Å². The van der Waals surface area contributed by atoms with Crippen molar-refractivity contribution in [2.45, 2.75) is 51.0 Å². The first-order valence-electron chi connectivity index (χ1n) is 10.5. The van der Waals surface area contributed by atoms with Crippen LogP contribution < -0.4 is 4.74 Å². The van der Waals surface area contributed by atoms with E-state index >= 15 is 0 Å². The third kappa shape index (κ3) is 3.59. The van der Waals surface area contributed by atoms with Gasteiger partial charge in [-0.2, -0.15) is 5.10 Å². The van der Waals surface area contributed by atoms with E-state index in [1.807, 2.05) is 53.4 Å². The lowest BCUT2D eigenvalue weighted by Crippen LogP contribution is -2.35. The number of aliphatic hydroxyl groups excluding tert-OH is 1. The number of amides is 1. The minimum Gasteiger partial charge on any atom is -0.487 e. The number of hydrogen-bond acceptors (Lipinski definition) is 4. The lowest BCUT2D eigenvalue weighted by Gasteiger charge is -2.28. The summed E-state index contributed by atoms with van der Waals surface area (Å²) in [4.78, 5) is 15.0. The second-order valence-electron chi connectivity index (χ2n) is 8.13. The lowest BCUT2D eigenvalue weighted by atomic mass is 9.94. The number of nitrogens with zero attached hydrogens (tertiary/aromatic N) is 2. The Bertz CT molecular complexity index is 1030. The number of aromatic nitrogens is 2. The van der Waals surface area contributed by atoms with E-state index in [0.717, 1.165) is 48.1 Å². The van der Waals surface area contributed by atoms with Crippen LogP contribution in [0.15, 0.2) is 54.7 Å². The first-order chi connectivity index (χ1) is 14.7.